The van der Waals surface area contributed by atoms with Gasteiger partial charge in [0.1, 0.15) is 0 Å². The molecular formula is C17H12NO2P. The number of fused-ring (bicyclic) bond motifs is 3. The molecule has 0 saturated heterocycles. The highest BCUT2D eigenvalue weighted by atomic mass is 31.2. The molecule has 0 spiro atoms. The van der Waals surface area contributed by atoms with Crippen LogP contribution in [0.5, 0.6) is 0 Å². The standard InChI is InChI=1S/C17H12NO2P/c19-17-16(10-5-11-18-17)21(20)14-8-3-1-6-12(14)13-7-2-4-9-15(13)21/h1-11H,(H,18,19). The number of rotatable bonds is 1. The maximum atomic E-state index is 13.9. The van der Waals surface area contributed by atoms with Gasteiger partial charge in [0.25, 0.3) is 5.56 Å². The van der Waals surface area contributed by atoms with Gasteiger partial charge in [-0.1, -0.05) is 48.5 Å². The highest BCUT2D eigenvalue weighted by Gasteiger charge is 2.41. The van der Waals surface area contributed by atoms with Crippen LogP contribution in [0, 0.1) is 0 Å². The Balaban J connectivity index is 2.17. The highest BCUT2D eigenvalue weighted by Crippen LogP contribution is 2.50. The molecule has 4 heteroatoms. The minimum atomic E-state index is -3.08. The number of nitrogens with one attached hydrogen (secondary N) is 1. The van der Waals surface area contributed by atoms with E-state index < -0.39 is 7.14 Å². The summed E-state index contributed by atoms with van der Waals surface area (Å²) in [6.45, 7) is 0. The van der Waals surface area contributed by atoms with E-state index in [1.807, 2.05) is 48.5 Å². The molecule has 0 unspecified atom stereocenters. The largest absolute Gasteiger partial charge is 0.328 e. The Kier molecular flexibility index (Phi) is 2.54. The van der Waals surface area contributed by atoms with Crippen molar-refractivity contribution in [3.8, 4) is 11.1 Å². The smallest absolute Gasteiger partial charge is 0.259 e. The summed E-state index contributed by atoms with van der Waals surface area (Å²) < 4.78 is 13.9. The molecule has 0 saturated carbocycles. The molecule has 0 fully saturated rings. The number of hydrogen-bond donors (Lipinski definition) is 1. The lowest BCUT2D eigenvalue weighted by molar-refractivity contribution is 0.592. The molecule has 1 aromatic heterocycles. The van der Waals surface area contributed by atoms with Crippen LogP contribution in [0.2, 0.25) is 0 Å². The Morgan fingerprint density at radius 1 is 0.714 bits per heavy atom. The lowest BCUT2D eigenvalue weighted by atomic mass is 10.1. The van der Waals surface area contributed by atoms with Gasteiger partial charge in [0.15, 0.2) is 7.14 Å². The molecule has 0 radical (unpaired) electrons. The van der Waals surface area contributed by atoms with Crippen molar-refractivity contribution in [1.29, 1.82) is 0 Å². The average molecular weight is 293 g/mol. The number of pyridine rings is 1. The van der Waals surface area contributed by atoms with E-state index in [0.717, 1.165) is 21.7 Å². The molecule has 3 aromatic rings. The molecule has 3 nitrogen and oxygen atoms in total. The number of hydrogen-bond acceptors (Lipinski definition) is 2. The van der Waals surface area contributed by atoms with Gasteiger partial charge in [0, 0.05) is 16.8 Å². The summed E-state index contributed by atoms with van der Waals surface area (Å²) in [6.07, 6.45) is 1.56. The van der Waals surface area contributed by atoms with E-state index in [1.165, 1.54) is 0 Å². The second kappa shape index (κ2) is 4.31. The van der Waals surface area contributed by atoms with Crippen LogP contribution in [0.3, 0.4) is 0 Å². The molecule has 1 aliphatic heterocycles. The van der Waals surface area contributed by atoms with Crippen molar-refractivity contribution in [2.45, 2.75) is 0 Å². The van der Waals surface area contributed by atoms with E-state index in [9.17, 15) is 9.36 Å². The summed E-state index contributed by atoms with van der Waals surface area (Å²) in [5, 5.41) is 1.85. The Labute approximate surface area is 121 Å². The minimum absolute atomic E-state index is 0.285. The Bertz CT molecular complexity index is 909. The Hall–Kier alpha value is -2.38. The molecule has 0 atom stereocenters. The third kappa shape index (κ3) is 1.55. The SMILES string of the molecule is O=c1[nH]cccc1P1(=O)c2ccccc2-c2ccccc21. The zero-order chi connectivity index (χ0) is 14.4. The number of benzene rings is 2. The number of H-pyrrole nitrogens is 1. The number of aromatic nitrogens is 1. The van der Waals surface area contributed by atoms with Gasteiger partial charge in [-0.2, -0.15) is 0 Å². The summed E-state index contributed by atoms with van der Waals surface area (Å²) >= 11 is 0. The predicted molar refractivity (Wildman–Crippen MR) is 85.4 cm³/mol. The fraction of sp³-hybridized carbons (Fsp3) is 0. The zero-order valence-corrected chi connectivity index (χ0v) is 12.0. The van der Waals surface area contributed by atoms with Gasteiger partial charge in [0.2, 0.25) is 0 Å². The van der Waals surface area contributed by atoms with E-state index >= 15 is 0 Å². The molecule has 0 bridgehead atoms. The second-order valence-electron chi connectivity index (χ2n) is 5.03. The fourth-order valence-electron chi connectivity index (χ4n) is 3.00. The van der Waals surface area contributed by atoms with Gasteiger partial charge >= 0.3 is 0 Å². The van der Waals surface area contributed by atoms with Gasteiger partial charge in [0.05, 0.1) is 5.30 Å². The third-order valence-electron chi connectivity index (χ3n) is 3.91. The summed E-state index contributed by atoms with van der Waals surface area (Å²) in [6, 6.07) is 18.6. The highest BCUT2D eigenvalue weighted by molar-refractivity contribution is 7.86. The van der Waals surface area contributed by atoms with Crippen molar-refractivity contribution >= 4 is 23.1 Å². The molecule has 2 aromatic carbocycles. The van der Waals surface area contributed by atoms with Crippen LogP contribution < -0.4 is 21.5 Å². The van der Waals surface area contributed by atoms with Gasteiger partial charge in [-0.3, -0.25) is 4.79 Å². The molecule has 21 heavy (non-hydrogen) atoms. The van der Waals surface area contributed by atoms with Crippen LogP contribution in [0.1, 0.15) is 0 Å². The van der Waals surface area contributed by atoms with Crippen LogP contribution in [-0.4, -0.2) is 4.98 Å². The monoisotopic (exact) mass is 293 g/mol. The van der Waals surface area contributed by atoms with Gasteiger partial charge < -0.3 is 9.55 Å². The lowest BCUT2D eigenvalue weighted by Gasteiger charge is -2.14. The van der Waals surface area contributed by atoms with E-state index in [4.69, 9.17) is 0 Å². The lowest BCUT2D eigenvalue weighted by Crippen LogP contribution is -2.33. The predicted octanol–water partition coefficient (Wildman–Crippen LogP) is 1.99. The second-order valence-corrected chi connectivity index (χ2v) is 7.69. The van der Waals surface area contributed by atoms with Crippen molar-refractivity contribution in [1.82, 2.24) is 4.98 Å². The van der Waals surface area contributed by atoms with Crippen molar-refractivity contribution in [2.75, 3.05) is 0 Å². The summed E-state index contributed by atoms with van der Waals surface area (Å²) in [7, 11) is -3.08. The van der Waals surface area contributed by atoms with Crippen LogP contribution in [0.4, 0.5) is 0 Å². The maximum absolute atomic E-state index is 13.9. The van der Waals surface area contributed by atoms with E-state index in [1.54, 1.807) is 18.3 Å². The molecule has 0 amide bonds. The number of aromatic amines is 1. The van der Waals surface area contributed by atoms with Crippen molar-refractivity contribution < 1.29 is 4.57 Å². The molecular weight excluding hydrogens is 281 g/mol. The average Bonchev–Trinajstić information content (AvgIpc) is 2.79. The Morgan fingerprint density at radius 2 is 1.24 bits per heavy atom. The van der Waals surface area contributed by atoms with E-state index in [2.05, 4.69) is 4.98 Å². The first-order chi connectivity index (χ1) is 10.2. The quantitative estimate of drug-likeness (QED) is 0.546. The van der Waals surface area contributed by atoms with Gasteiger partial charge in [-0.05, 0) is 23.3 Å². The van der Waals surface area contributed by atoms with E-state index in [-0.39, 0.29) is 5.56 Å². The molecule has 0 aliphatic carbocycles. The van der Waals surface area contributed by atoms with Gasteiger partial charge in [-0.25, -0.2) is 0 Å². The summed E-state index contributed by atoms with van der Waals surface area (Å²) in [5.41, 5.74) is 1.63. The first-order valence-electron chi connectivity index (χ1n) is 6.71. The molecule has 1 aliphatic rings. The van der Waals surface area contributed by atoms with Crippen LogP contribution in [0.15, 0.2) is 71.7 Å². The van der Waals surface area contributed by atoms with E-state index in [0.29, 0.717) is 5.30 Å². The van der Waals surface area contributed by atoms with Crippen molar-refractivity contribution in [2.24, 2.45) is 0 Å². The van der Waals surface area contributed by atoms with Crippen LogP contribution in [-0.2, 0) is 4.57 Å². The first kappa shape index (κ1) is 12.4. The van der Waals surface area contributed by atoms with Gasteiger partial charge in [-0.15, -0.1) is 0 Å². The third-order valence-corrected chi connectivity index (χ3v) is 7.08. The Morgan fingerprint density at radius 3 is 1.81 bits per heavy atom. The molecule has 1 N–H and O–H groups in total. The minimum Gasteiger partial charge on any atom is -0.328 e. The fourth-order valence-corrected chi connectivity index (χ4v) is 6.09. The maximum Gasteiger partial charge on any atom is 0.259 e. The summed E-state index contributed by atoms with van der Waals surface area (Å²) in [5.74, 6) is 0. The first-order valence-corrected chi connectivity index (χ1v) is 8.41. The molecule has 102 valence electrons. The van der Waals surface area contributed by atoms with Crippen LogP contribution in [0.25, 0.3) is 11.1 Å². The molecule has 4 rings (SSSR count). The topological polar surface area (TPSA) is 49.9 Å². The normalized spacial score (nSPS) is 14.5. The van der Waals surface area contributed by atoms with Crippen molar-refractivity contribution in [3.63, 3.8) is 0 Å². The summed E-state index contributed by atoms with van der Waals surface area (Å²) in [4.78, 5) is 14.8. The molecule has 2 heterocycles. The van der Waals surface area contributed by atoms with Crippen molar-refractivity contribution in [3.05, 3.63) is 77.2 Å². The zero-order valence-electron chi connectivity index (χ0n) is 11.1. The van der Waals surface area contributed by atoms with Crippen LogP contribution >= 0.6 is 7.14 Å².